The number of aliphatic hydroxyl groups is 1. The predicted molar refractivity (Wildman–Crippen MR) is 165 cm³/mol. The quantitative estimate of drug-likeness (QED) is 0.128. The van der Waals surface area contributed by atoms with E-state index < -0.39 is 5.79 Å². The predicted octanol–water partition coefficient (Wildman–Crippen LogP) is 6.84. The lowest BCUT2D eigenvalue weighted by Gasteiger charge is -2.53. The summed E-state index contributed by atoms with van der Waals surface area (Å²) in [5, 5.41) is 34.9. The molecule has 4 fully saturated rings. The summed E-state index contributed by atoms with van der Waals surface area (Å²) >= 11 is 0. The van der Waals surface area contributed by atoms with Gasteiger partial charge in [-0.15, -0.1) is 0 Å². The number of phenolic OH excluding ortho intramolecular Hbond substituents is 2. The zero-order chi connectivity index (χ0) is 31.5. The molecule has 6 rings (SSSR count). The largest absolute Gasteiger partial charge is 0.510 e. The summed E-state index contributed by atoms with van der Waals surface area (Å²) < 4.78 is 13.9. The molecule has 0 aromatic heterocycles. The van der Waals surface area contributed by atoms with Gasteiger partial charge in [0, 0.05) is 24.3 Å². The molecule has 1 spiro atoms. The summed E-state index contributed by atoms with van der Waals surface area (Å²) in [6, 6.07) is 4.65. The Kier molecular flexibility index (Phi) is 8.37. The molecule has 0 bridgehead atoms. The fourth-order valence-electron chi connectivity index (χ4n) is 9.21. The first-order valence-corrected chi connectivity index (χ1v) is 16.7. The summed E-state index contributed by atoms with van der Waals surface area (Å²) in [4.78, 5) is 25.0. The van der Waals surface area contributed by atoms with Crippen molar-refractivity contribution < 1.29 is 34.4 Å². The van der Waals surface area contributed by atoms with E-state index in [1.54, 1.807) is 12.1 Å². The van der Waals surface area contributed by atoms with Gasteiger partial charge >= 0.3 is 0 Å². The minimum Gasteiger partial charge on any atom is -0.510 e. The Morgan fingerprint density at radius 3 is 2.36 bits per heavy atom. The van der Waals surface area contributed by atoms with Crippen molar-refractivity contribution >= 4 is 11.7 Å². The molecule has 1 saturated carbocycles. The molecule has 1 aromatic carbocycles. The number of amides is 1. The normalized spacial score (nSPS) is 42.1. The van der Waals surface area contributed by atoms with E-state index in [0.29, 0.717) is 24.2 Å². The lowest BCUT2D eigenvalue weighted by Crippen LogP contribution is -2.53. The highest BCUT2D eigenvalue weighted by molar-refractivity contribution is 6.14. The molecule has 3 heterocycles. The molecule has 4 N–H and O–H groups in total. The highest BCUT2D eigenvalue weighted by atomic mass is 16.7. The summed E-state index contributed by atoms with van der Waals surface area (Å²) in [7, 11) is 0. The highest BCUT2D eigenvalue weighted by Crippen LogP contribution is 2.55. The van der Waals surface area contributed by atoms with Crippen molar-refractivity contribution in [2.75, 3.05) is 0 Å². The smallest absolute Gasteiger partial charge is 0.232 e. The average Bonchev–Trinajstić information content (AvgIpc) is 3.31. The average molecular weight is 608 g/mol. The number of aliphatic hydroxyl groups excluding tert-OH is 1. The number of ketones is 1. The SMILES string of the molecule is CC1=C[C@@H]2CC[C@@H](C)[C@H](C)[C@@H]2[C@@H](/C(O)=C2\NC(=O)CC2=O)[C@@H]1C[C@H]1CC[C@@H](C)[C@@]2(CC[C@@H](C)[C@H](c3cc(O)cc(O)c3)O2)O1. The maximum Gasteiger partial charge on any atom is 0.232 e. The van der Waals surface area contributed by atoms with Gasteiger partial charge in [-0.1, -0.05) is 39.3 Å². The van der Waals surface area contributed by atoms with Crippen LogP contribution in [0.2, 0.25) is 0 Å². The van der Waals surface area contributed by atoms with E-state index in [2.05, 4.69) is 46.0 Å². The zero-order valence-electron chi connectivity index (χ0n) is 26.7. The molecule has 3 saturated heterocycles. The van der Waals surface area contributed by atoms with E-state index >= 15 is 0 Å². The second kappa shape index (κ2) is 11.8. The molecule has 11 atom stereocenters. The Morgan fingerprint density at radius 2 is 1.68 bits per heavy atom. The molecule has 240 valence electrons. The van der Waals surface area contributed by atoms with Gasteiger partial charge in [0.25, 0.3) is 0 Å². The Hall–Kier alpha value is -2.84. The Bertz CT molecular complexity index is 1350. The van der Waals surface area contributed by atoms with Gasteiger partial charge in [0.05, 0.1) is 18.6 Å². The number of allylic oxidation sites excluding steroid dienone is 4. The van der Waals surface area contributed by atoms with Crippen LogP contribution in [0, 0.1) is 47.3 Å². The van der Waals surface area contributed by atoms with Gasteiger partial charge in [0.1, 0.15) is 23.0 Å². The Morgan fingerprint density at radius 1 is 0.955 bits per heavy atom. The molecule has 0 radical (unpaired) electrons. The van der Waals surface area contributed by atoms with E-state index in [-0.39, 0.29) is 82.9 Å². The van der Waals surface area contributed by atoms with Crippen molar-refractivity contribution in [1.29, 1.82) is 0 Å². The van der Waals surface area contributed by atoms with Crippen LogP contribution in [0.25, 0.3) is 0 Å². The first kappa shape index (κ1) is 31.2. The fraction of sp³-hybridized carbons (Fsp3) is 0.667. The van der Waals surface area contributed by atoms with Crippen LogP contribution in [0.1, 0.15) is 97.7 Å². The number of aromatic hydroxyl groups is 2. The van der Waals surface area contributed by atoms with E-state index in [0.717, 1.165) is 44.1 Å². The number of nitrogens with one attached hydrogen (secondary N) is 1. The van der Waals surface area contributed by atoms with Crippen LogP contribution < -0.4 is 5.32 Å². The van der Waals surface area contributed by atoms with Crippen molar-refractivity contribution in [2.24, 2.45) is 47.3 Å². The minimum atomic E-state index is -0.798. The third-order valence-electron chi connectivity index (χ3n) is 11.9. The van der Waals surface area contributed by atoms with Crippen LogP contribution >= 0.6 is 0 Å². The summed E-state index contributed by atoms with van der Waals surface area (Å²) in [6.07, 6.45) is 8.05. The van der Waals surface area contributed by atoms with E-state index in [9.17, 15) is 24.9 Å². The van der Waals surface area contributed by atoms with Crippen molar-refractivity contribution in [3.05, 3.63) is 46.9 Å². The third-order valence-corrected chi connectivity index (χ3v) is 11.9. The van der Waals surface area contributed by atoms with Gasteiger partial charge in [-0.05, 0) is 98.7 Å². The minimum absolute atomic E-state index is 0.00642. The van der Waals surface area contributed by atoms with Gasteiger partial charge < -0.3 is 30.1 Å². The van der Waals surface area contributed by atoms with Gasteiger partial charge in [-0.2, -0.15) is 0 Å². The monoisotopic (exact) mass is 607 g/mol. The first-order chi connectivity index (χ1) is 20.9. The molecular weight excluding hydrogens is 558 g/mol. The number of rotatable bonds is 4. The highest BCUT2D eigenvalue weighted by Gasteiger charge is 2.52. The van der Waals surface area contributed by atoms with E-state index in [1.807, 2.05) is 0 Å². The number of Topliss-reactive ketones (excluding diaryl/α,β-unsaturated/α-hetero) is 1. The number of carbonyl (C=O) groups excluding carboxylic acids is 2. The van der Waals surface area contributed by atoms with Gasteiger partial charge in [0.15, 0.2) is 11.6 Å². The maximum atomic E-state index is 12.8. The van der Waals surface area contributed by atoms with Gasteiger partial charge in [0.2, 0.25) is 5.91 Å². The van der Waals surface area contributed by atoms with Crippen molar-refractivity contribution in [3.8, 4) is 11.5 Å². The van der Waals surface area contributed by atoms with Crippen LogP contribution in [0.5, 0.6) is 11.5 Å². The number of ether oxygens (including phenoxy) is 2. The molecule has 2 aliphatic carbocycles. The van der Waals surface area contributed by atoms with E-state index in [4.69, 9.17) is 9.47 Å². The second-order valence-electron chi connectivity index (χ2n) is 14.7. The molecule has 8 nitrogen and oxygen atoms in total. The summed E-state index contributed by atoms with van der Waals surface area (Å²) in [5.41, 5.74) is 2.04. The van der Waals surface area contributed by atoms with Crippen LogP contribution in [-0.4, -0.2) is 38.9 Å². The molecule has 5 aliphatic rings. The van der Waals surface area contributed by atoms with Crippen LogP contribution in [-0.2, 0) is 19.1 Å². The lowest BCUT2D eigenvalue weighted by atomic mass is 9.55. The first-order valence-electron chi connectivity index (χ1n) is 16.7. The molecule has 0 unspecified atom stereocenters. The van der Waals surface area contributed by atoms with Crippen molar-refractivity contribution in [1.82, 2.24) is 5.32 Å². The molecule has 3 aliphatic heterocycles. The molecular formula is C36H49NO7. The second-order valence-corrected chi connectivity index (χ2v) is 14.7. The number of phenols is 2. The van der Waals surface area contributed by atoms with Crippen LogP contribution in [0.3, 0.4) is 0 Å². The van der Waals surface area contributed by atoms with Gasteiger partial charge in [-0.3, -0.25) is 9.59 Å². The third kappa shape index (κ3) is 5.57. The topological polar surface area (TPSA) is 125 Å². The number of hydrogen-bond donors (Lipinski definition) is 4. The number of hydrogen-bond acceptors (Lipinski definition) is 7. The maximum absolute atomic E-state index is 12.8. The van der Waals surface area contributed by atoms with Crippen LogP contribution in [0.4, 0.5) is 0 Å². The Balaban J connectivity index is 1.31. The fourth-order valence-corrected chi connectivity index (χ4v) is 9.21. The van der Waals surface area contributed by atoms with Crippen molar-refractivity contribution in [3.63, 3.8) is 0 Å². The number of benzene rings is 1. The Labute approximate surface area is 260 Å². The summed E-state index contributed by atoms with van der Waals surface area (Å²) in [5.74, 6) is -0.0926. The molecule has 44 heavy (non-hydrogen) atoms. The molecule has 1 aromatic rings. The standard InChI is InChI=1S/C36H49NO7/c1-18-6-8-23-12-20(3)28(32(31(23)22(18)5)34(42)33-29(40)17-30(41)37-33)16-27-9-7-21(4)36(43-27)11-10-19(2)35(44-36)24-13-25(38)15-26(39)14-24/h12-15,18-19,21-23,27-28,31-32,35,38-39,42H,6-11,16-17H2,1-5H3,(H,37,41)/b34-33+/t18-,19-,21-,22+,23+,27-,28-,31+,32+,35-,36+/m1/s1. The summed E-state index contributed by atoms with van der Waals surface area (Å²) in [6.45, 7) is 11.0. The zero-order valence-corrected chi connectivity index (χ0v) is 26.7. The lowest BCUT2D eigenvalue weighted by molar-refractivity contribution is -0.348. The van der Waals surface area contributed by atoms with Gasteiger partial charge in [-0.25, -0.2) is 0 Å². The van der Waals surface area contributed by atoms with Crippen molar-refractivity contribution in [2.45, 2.75) is 104 Å². The number of carbonyl (C=O) groups is 2. The molecule has 8 heteroatoms. The molecule has 1 amide bonds. The number of fused-ring (bicyclic) bond motifs is 1. The van der Waals surface area contributed by atoms with Crippen LogP contribution in [0.15, 0.2) is 41.3 Å². The van der Waals surface area contributed by atoms with E-state index in [1.165, 1.54) is 11.6 Å².